The number of carbonyl (C=O) groups excluding carboxylic acids is 3. The Morgan fingerprint density at radius 3 is 2.00 bits per heavy atom. The maximum Gasteiger partial charge on any atom is 0.326 e. The molecule has 13 heteroatoms. The summed E-state index contributed by atoms with van der Waals surface area (Å²) in [6.45, 7) is 4.95. The SMILES string of the molecule is CC(C)[C@H](NC(=O)[C@@H](N)CCCN=C(N)N)C(=O)N[C@@H](C(=O)N[C@@H](Cc1ccccc1)C(=O)O)[C@H](C)O. The number of nitrogens with one attached hydrogen (secondary N) is 3. The molecule has 5 atom stereocenters. The number of benzene rings is 1. The number of guanidine groups is 1. The van der Waals surface area contributed by atoms with Crippen LogP contribution in [-0.2, 0) is 25.6 Å². The minimum absolute atomic E-state index is 0.00807. The van der Waals surface area contributed by atoms with E-state index in [1.807, 2.05) is 0 Å². The summed E-state index contributed by atoms with van der Waals surface area (Å²) < 4.78 is 0. The van der Waals surface area contributed by atoms with Gasteiger partial charge in [0, 0.05) is 13.0 Å². The largest absolute Gasteiger partial charge is 0.480 e. The molecule has 0 heterocycles. The van der Waals surface area contributed by atoms with Crippen LogP contribution >= 0.6 is 0 Å². The van der Waals surface area contributed by atoms with E-state index in [4.69, 9.17) is 17.2 Å². The smallest absolute Gasteiger partial charge is 0.326 e. The molecule has 1 aromatic carbocycles. The molecule has 0 aromatic heterocycles. The zero-order chi connectivity index (χ0) is 28.1. The third-order valence-electron chi connectivity index (χ3n) is 5.51. The number of aliphatic imine (C=N–C) groups is 1. The highest BCUT2D eigenvalue weighted by atomic mass is 16.4. The summed E-state index contributed by atoms with van der Waals surface area (Å²) in [5.41, 5.74) is 17.1. The van der Waals surface area contributed by atoms with Crippen LogP contribution in [0.5, 0.6) is 0 Å². The van der Waals surface area contributed by atoms with Crippen molar-refractivity contribution in [3.63, 3.8) is 0 Å². The zero-order valence-corrected chi connectivity index (χ0v) is 21.4. The van der Waals surface area contributed by atoms with E-state index in [2.05, 4.69) is 20.9 Å². The number of aliphatic hydroxyl groups is 1. The molecular weight excluding hydrogens is 482 g/mol. The highest BCUT2D eigenvalue weighted by Gasteiger charge is 2.33. The van der Waals surface area contributed by atoms with Gasteiger partial charge in [-0.05, 0) is 31.2 Å². The lowest BCUT2D eigenvalue weighted by Gasteiger charge is -2.28. The second kappa shape index (κ2) is 15.4. The average molecular weight is 522 g/mol. The van der Waals surface area contributed by atoms with Gasteiger partial charge >= 0.3 is 5.97 Å². The van der Waals surface area contributed by atoms with Gasteiger partial charge in [-0.15, -0.1) is 0 Å². The molecule has 0 unspecified atom stereocenters. The molecule has 0 saturated carbocycles. The van der Waals surface area contributed by atoms with E-state index in [0.717, 1.165) is 0 Å². The van der Waals surface area contributed by atoms with E-state index in [0.29, 0.717) is 18.5 Å². The van der Waals surface area contributed by atoms with Crippen LogP contribution in [0.1, 0.15) is 39.2 Å². The molecule has 0 aliphatic rings. The van der Waals surface area contributed by atoms with E-state index in [1.54, 1.807) is 44.2 Å². The minimum atomic E-state index is -1.46. The second-order valence-electron chi connectivity index (χ2n) is 9.10. The molecule has 0 saturated heterocycles. The molecule has 0 aliphatic carbocycles. The molecule has 13 nitrogen and oxygen atoms in total. The van der Waals surface area contributed by atoms with Gasteiger partial charge in [-0.2, -0.15) is 0 Å². The lowest BCUT2D eigenvalue weighted by Crippen LogP contribution is -2.61. The average Bonchev–Trinajstić information content (AvgIpc) is 2.82. The third-order valence-corrected chi connectivity index (χ3v) is 5.51. The van der Waals surface area contributed by atoms with Gasteiger partial charge in [-0.3, -0.25) is 19.4 Å². The van der Waals surface area contributed by atoms with Crippen LogP contribution in [-0.4, -0.2) is 76.7 Å². The Labute approximate surface area is 216 Å². The molecule has 0 spiro atoms. The van der Waals surface area contributed by atoms with Crippen molar-refractivity contribution in [3.05, 3.63) is 35.9 Å². The van der Waals surface area contributed by atoms with Crippen molar-refractivity contribution < 1.29 is 29.4 Å². The van der Waals surface area contributed by atoms with Crippen molar-refractivity contribution in [2.75, 3.05) is 6.54 Å². The Kier molecular flexibility index (Phi) is 13.0. The van der Waals surface area contributed by atoms with Crippen molar-refractivity contribution in [3.8, 4) is 0 Å². The van der Waals surface area contributed by atoms with E-state index in [-0.39, 0.29) is 24.7 Å². The molecule has 1 aromatic rings. The van der Waals surface area contributed by atoms with Crippen LogP contribution in [0.3, 0.4) is 0 Å². The second-order valence-corrected chi connectivity index (χ2v) is 9.10. The summed E-state index contributed by atoms with van der Waals surface area (Å²) in [4.78, 5) is 53.9. The molecule has 37 heavy (non-hydrogen) atoms. The first kappa shape index (κ1) is 31.3. The minimum Gasteiger partial charge on any atom is -0.480 e. The first-order chi connectivity index (χ1) is 17.3. The number of aliphatic hydroxyl groups excluding tert-OH is 1. The number of carboxylic acids is 1. The van der Waals surface area contributed by atoms with Gasteiger partial charge < -0.3 is 43.4 Å². The molecule has 1 rings (SSSR count). The first-order valence-electron chi connectivity index (χ1n) is 12.0. The fourth-order valence-electron chi connectivity index (χ4n) is 3.41. The van der Waals surface area contributed by atoms with Crippen molar-refractivity contribution in [2.45, 2.75) is 70.3 Å². The maximum atomic E-state index is 13.0. The lowest BCUT2D eigenvalue weighted by atomic mass is 10.0. The number of nitrogens with zero attached hydrogens (tertiary/aromatic N) is 1. The molecule has 11 N–H and O–H groups in total. The normalized spacial score (nSPS) is 15.0. The monoisotopic (exact) mass is 521 g/mol. The number of hydrogen-bond acceptors (Lipinski definition) is 7. The van der Waals surface area contributed by atoms with E-state index in [9.17, 15) is 29.4 Å². The van der Waals surface area contributed by atoms with Gasteiger partial charge in [0.2, 0.25) is 17.7 Å². The van der Waals surface area contributed by atoms with Crippen LogP contribution in [0.25, 0.3) is 0 Å². The maximum absolute atomic E-state index is 13.0. The lowest BCUT2D eigenvalue weighted by molar-refractivity contribution is -0.143. The first-order valence-corrected chi connectivity index (χ1v) is 12.0. The molecule has 0 fully saturated rings. The summed E-state index contributed by atoms with van der Waals surface area (Å²) in [5.74, 6) is -3.91. The van der Waals surface area contributed by atoms with Gasteiger partial charge in [-0.25, -0.2) is 4.79 Å². The van der Waals surface area contributed by atoms with Gasteiger partial charge in [0.05, 0.1) is 12.1 Å². The van der Waals surface area contributed by atoms with E-state index in [1.165, 1.54) is 6.92 Å². The topological polar surface area (TPSA) is 235 Å². The van der Waals surface area contributed by atoms with Crippen molar-refractivity contribution >= 4 is 29.7 Å². The number of carbonyl (C=O) groups is 4. The number of rotatable bonds is 15. The summed E-state index contributed by atoms with van der Waals surface area (Å²) in [6.07, 6.45) is -0.625. The molecule has 3 amide bonds. The number of amides is 3. The number of aliphatic carboxylic acids is 1. The van der Waals surface area contributed by atoms with Crippen LogP contribution < -0.4 is 33.2 Å². The molecule has 0 radical (unpaired) electrons. The van der Waals surface area contributed by atoms with E-state index >= 15 is 0 Å². The summed E-state index contributed by atoms with van der Waals surface area (Å²) >= 11 is 0. The van der Waals surface area contributed by atoms with Crippen LogP contribution in [0, 0.1) is 5.92 Å². The highest BCUT2D eigenvalue weighted by molar-refractivity contribution is 5.94. The number of carboxylic acid groups (broad SMARTS) is 1. The Morgan fingerprint density at radius 1 is 0.919 bits per heavy atom. The van der Waals surface area contributed by atoms with Gasteiger partial charge in [0.1, 0.15) is 18.1 Å². The van der Waals surface area contributed by atoms with Crippen molar-refractivity contribution in [1.82, 2.24) is 16.0 Å². The fourth-order valence-corrected chi connectivity index (χ4v) is 3.41. The molecule has 206 valence electrons. The summed E-state index contributed by atoms with van der Waals surface area (Å²) in [5, 5.41) is 27.1. The van der Waals surface area contributed by atoms with Crippen molar-refractivity contribution in [2.24, 2.45) is 28.1 Å². The number of nitrogens with two attached hydrogens (primary N) is 3. The Morgan fingerprint density at radius 2 is 1.49 bits per heavy atom. The zero-order valence-electron chi connectivity index (χ0n) is 21.4. The Bertz CT molecular complexity index is 935. The molecular formula is C24H39N7O6. The number of hydrogen-bond donors (Lipinski definition) is 8. The van der Waals surface area contributed by atoms with Crippen LogP contribution in [0.2, 0.25) is 0 Å². The van der Waals surface area contributed by atoms with Gasteiger partial charge in [0.15, 0.2) is 5.96 Å². The standard InChI is InChI=1S/C24H39N7O6/c1-13(2)18(30-20(33)16(25)10-7-11-28-24(26)27)21(34)31-19(14(3)32)22(35)29-17(23(36)37)12-15-8-5-4-6-9-15/h4-6,8-9,13-14,16-19,32H,7,10-12,25H2,1-3H3,(H,29,35)(H,30,33)(H,31,34)(H,36,37)(H4,26,27,28)/t14-,16-,17-,18-,19+/m0/s1. The Hall–Kier alpha value is -3.71. The predicted molar refractivity (Wildman–Crippen MR) is 138 cm³/mol. The predicted octanol–water partition coefficient (Wildman–Crippen LogP) is -1.81. The third kappa shape index (κ3) is 11.3. The van der Waals surface area contributed by atoms with E-state index < -0.39 is 54.0 Å². The van der Waals surface area contributed by atoms with Crippen molar-refractivity contribution in [1.29, 1.82) is 0 Å². The summed E-state index contributed by atoms with van der Waals surface area (Å²) in [6, 6.07) is 3.96. The fraction of sp³-hybridized carbons (Fsp3) is 0.542. The van der Waals surface area contributed by atoms with Crippen LogP contribution in [0.4, 0.5) is 0 Å². The van der Waals surface area contributed by atoms with Crippen LogP contribution in [0.15, 0.2) is 35.3 Å². The van der Waals surface area contributed by atoms with Gasteiger partial charge in [-0.1, -0.05) is 44.2 Å². The summed E-state index contributed by atoms with van der Waals surface area (Å²) in [7, 11) is 0. The highest BCUT2D eigenvalue weighted by Crippen LogP contribution is 2.07. The molecule has 0 aliphatic heterocycles. The molecule has 0 bridgehead atoms. The quantitative estimate of drug-likeness (QED) is 0.0736. The Balaban J connectivity index is 2.85. The van der Waals surface area contributed by atoms with Gasteiger partial charge in [0.25, 0.3) is 0 Å².